The largest absolute Gasteiger partial charge is 0.375 e. The van der Waals surface area contributed by atoms with Crippen LogP contribution in [0.1, 0.15) is 24.0 Å². The van der Waals surface area contributed by atoms with E-state index in [-0.39, 0.29) is 17.6 Å². The molecule has 0 spiro atoms. The van der Waals surface area contributed by atoms with E-state index in [4.69, 9.17) is 27.9 Å². The third-order valence-electron chi connectivity index (χ3n) is 5.26. The number of amides is 1. The molecule has 1 saturated heterocycles. The number of rotatable bonds is 9. The molecule has 9 heteroatoms. The summed E-state index contributed by atoms with van der Waals surface area (Å²) in [4.78, 5) is 12.4. The SMILES string of the molecule is O=C(NCCOCc1ccccc1)C1CCN(S(=O)(=O)Cc2c(Cl)cccc2Cl)CC1. The number of halogens is 2. The lowest BCUT2D eigenvalue weighted by atomic mass is 9.97. The maximum Gasteiger partial charge on any atom is 0.223 e. The van der Waals surface area contributed by atoms with Crippen molar-refractivity contribution in [3.05, 3.63) is 69.7 Å². The molecule has 31 heavy (non-hydrogen) atoms. The second-order valence-corrected chi connectivity index (χ2v) is 10.2. The molecule has 1 aliphatic rings. The number of carbonyl (C=O) groups is 1. The minimum atomic E-state index is -3.57. The van der Waals surface area contributed by atoms with Crippen LogP contribution in [0.3, 0.4) is 0 Å². The molecule has 0 unspecified atom stereocenters. The van der Waals surface area contributed by atoms with Gasteiger partial charge in [-0.15, -0.1) is 0 Å². The van der Waals surface area contributed by atoms with E-state index in [9.17, 15) is 13.2 Å². The molecule has 0 radical (unpaired) electrons. The number of sulfonamides is 1. The zero-order chi connectivity index (χ0) is 22.3. The van der Waals surface area contributed by atoms with E-state index in [1.165, 1.54) is 4.31 Å². The summed E-state index contributed by atoms with van der Waals surface area (Å²) < 4.78 is 32.6. The fourth-order valence-corrected chi connectivity index (χ4v) is 5.81. The maximum atomic E-state index is 12.8. The Morgan fingerprint density at radius 1 is 1.03 bits per heavy atom. The van der Waals surface area contributed by atoms with Gasteiger partial charge in [-0.05, 0) is 30.5 Å². The molecule has 1 amide bonds. The summed E-state index contributed by atoms with van der Waals surface area (Å²) in [5, 5.41) is 3.55. The quantitative estimate of drug-likeness (QED) is 0.548. The van der Waals surface area contributed by atoms with E-state index in [1.807, 2.05) is 30.3 Å². The summed E-state index contributed by atoms with van der Waals surface area (Å²) in [5.41, 5.74) is 1.49. The molecule has 168 valence electrons. The highest BCUT2D eigenvalue weighted by Gasteiger charge is 2.31. The summed E-state index contributed by atoms with van der Waals surface area (Å²) >= 11 is 12.2. The molecule has 6 nitrogen and oxygen atoms in total. The topological polar surface area (TPSA) is 75.7 Å². The van der Waals surface area contributed by atoms with E-state index in [0.717, 1.165) is 5.56 Å². The van der Waals surface area contributed by atoms with Crippen molar-refractivity contribution in [2.75, 3.05) is 26.2 Å². The number of hydrogen-bond donors (Lipinski definition) is 1. The minimum Gasteiger partial charge on any atom is -0.375 e. The number of hydrogen-bond acceptors (Lipinski definition) is 4. The van der Waals surface area contributed by atoms with Gasteiger partial charge in [-0.1, -0.05) is 59.6 Å². The summed E-state index contributed by atoms with van der Waals surface area (Å²) in [6, 6.07) is 14.8. The molecule has 3 rings (SSSR count). The van der Waals surface area contributed by atoms with E-state index in [0.29, 0.717) is 61.3 Å². The van der Waals surface area contributed by atoms with Crippen LogP contribution in [0.2, 0.25) is 10.0 Å². The Morgan fingerprint density at radius 2 is 1.68 bits per heavy atom. The first-order valence-corrected chi connectivity index (χ1v) is 12.5. The second kappa shape index (κ2) is 11.3. The zero-order valence-corrected chi connectivity index (χ0v) is 19.4. The van der Waals surface area contributed by atoms with Gasteiger partial charge in [-0.2, -0.15) is 0 Å². The third kappa shape index (κ3) is 6.92. The fraction of sp³-hybridized carbons (Fsp3) is 0.409. The van der Waals surface area contributed by atoms with Crippen molar-refractivity contribution in [3.8, 4) is 0 Å². The lowest BCUT2D eigenvalue weighted by Gasteiger charge is -2.30. The molecule has 1 aliphatic heterocycles. The predicted octanol–water partition coefficient (Wildman–Crippen LogP) is 3.87. The Labute approximate surface area is 193 Å². The molecular formula is C22H26Cl2N2O4S. The Kier molecular flexibility index (Phi) is 8.75. The van der Waals surface area contributed by atoms with Crippen molar-refractivity contribution < 1.29 is 17.9 Å². The van der Waals surface area contributed by atoms with Crippen LogP contribution >= 0.6 is 23.2 Å². The average molecular weight is 485 g/mol. The summed E-state index contributed by atoms with van der Waals surface area (Å²) in [6.45, 7) is 1.95. The number of ether oxygens (including phenoxy) is 1. The number of nitrogens with one attached hydrogen (secondary N) is 1. The maximum absolute atomic E-state index is 12.8. The van der Waals surface area contributed by atoms with E-state index >= 15 is 0 Å². The Morgan fingerprint density at radius 3 is 2.32 bits per heavy atom. The van der Waals surface area contributed by atoms with Crippen LogP contribution in [0.15, 0.2) is 48.5 Å². The van der Waals surface area contributed by atoms with Crippen LogP contribution in [0, 0.1) is 5.92 Å². The van der Waals surface area contributed by atoms with E-state index in [1.54, 1.807) is 18.2 Å². The van der Waals surface area contributed by atoms with Crippen LogP contribution < -0.4 is 5.32 Å². The summed E-state index contributed by atoms with van der Waals surface area (Å²) in [7, 11) is -3.57. The van der Waals surface area contributed by atoms with Crippen LogP contribution in [0.5, 0.6) is 0 Å². The molecule has 0 aliphatic carbocycles. The highest BCUT2D eigenvalue weighted by Crippen LogP contribution is 2.28. The standard InChI is InChI=1S/C22H26Cl2N2O4S/c23-20-7-4-8-21(24)19(20)16-31(28,29)26-12-9-18(10-13-26)22(27)25-11-14-30-15-17-5-2-1-3-6-17/h1-8,18H,9-16H2,(H,25,27). The Bertz CT molecular complexity index is 958. The predicted molar refractivity (Wildman–Crippen MR) is 122 cm³/mol. The first-order valence-electron chi connectivity index (χ1n) is 10.2. The van der Waals surface area contributed by atoms with Crippen molar-refractivity contribution >= 4 is 39.1 Å². The van der Waals surface area contributed by atoms with Gasteiger partial charge in [0.1, 0.15) is 0 Å². The molecular weight excluding hydrogens is 459 g/mol. The Balaban J connectivity index is 1.40. The first kappa shape index (κ1) is 24.0. The summed E-state index contributed by atoms with van der Waals surface area (Å²) in [6.07, 6.45) is 0.957. The highest BCUT2D eigenvalue weighted by atomic mass is 35.5. The van der Waals surface area contributed by atoms with E-state index in [2.05, 4.69) is 5.32 Å². The second-order valence-electron chi connectivity index (χ2n) is 7.46. The van der Waals surface area contributed by atoms with Crippen LogP contribution in [-0.4, -0.2) is 44.9 Å². The number of benzene rings is 2. The van der Waals surface area contributed by atoms with Gasteiger partial charge in [0.15, 0.2) is 0 Å². The fourth-order valence-electron chi connectivity index (χ4n) is 3.50. The van der Waals surface area contributed by atoms with Crippen molar-refractivity contribution in [2.45, 2.75) is 25.2 Å². The number of piperidine rings is 1. The van der Waals surface area contributed by atoms with Crippen molar-refractivity contribution in [2.24, 2.45) is 5.92 Å². The molecule has 0 saturated carbocycles. The van der Waals surface area contributed by atoms with Crippen molar-refractivity contribution in [1.82, 2.24) is 9.62 Å². The smallest absolute Gasteiger partial charge is 0.223 e. The molecule has 1 heterocycles. The van der Waals surface area contributed by atoms with Crippen LogP contribution in [0.25, 0.3) is 0 Å². The van der Waals surface area contributed by atoms with Gasteiger partial charge in [0.2, 0.25) is 15.9 Å². The monoisotopic (exact) mass is 484 g/mol. The minimum absolute atomic E-state index is 0.0606. The third-order valence-corrected chi connectivity index (χ3v) is 7.78. The van der Waals surface area contributed by atoms with Crippen molar-refractivity contribution in [3.63, 3.8) is 0 Å². The zero-order valence-electron chi connectivity index (χ0n) is 17.1. The normalized spacial score (nSPS) is 15.7. The number of carbonyl (C=O) groups excluding carboxylic acids is 1. The Hall–Kier alpha value is -1.64. The molecule has 1 N–H and O–H groups in total. The van der Waals surface area contributed by atoms with Gasteiger partial charge >= 0.3 is 0 Å². The molecule has 0 aromatic heterocycles. The van der Waals surface area contributed by atoms with Gasteiger partial charge in [-0.3, -0.25) is 4.79 Å². The number of nitrogens with zero attached hydrogens (tertiary/aromatic N) is 1. The molecule has 0 atom stereocenters. The van der Waals surface area contributed by atoms with Gasteiger partial charge in [0.05, 0.1) is 19.0 Å². The van der Waals surface area contributed by atoms with Gasteiger partial charge < -0.3 is 10.1 Å². The summed E-state index contributed by atoms with van der Waals surface area (Å²) in [5.74, 6) is -0.514. The molecule has 1 fully saturated rings. The lowest BCUT2D eigenvalue weighted by molar-refractivity contribution is -0.126. The van der Waals surface area contributed by atoms with Gasteiger partial charge in [0, 0.05) is 41.2 Å². The molecule has 2 aromatic carbocycles. The van der Waals surface area contributed by atoms with Crippen molar-refractivity contribution in [1.29, 1.82) is 0 Å². The van der Waals surface area contributed by atoms with Gasteiger partial charge in [0.25, 0.3) is 0 Å². The average Bonchev–Trinajstić information content (AvgIpc) is 2.77. The highest BCUT2D eigenvalue weighted by molar-refractivity contribution is 7.88. The van der Waals surface area contributed by atoms with Crippen LogP contribution in [-0.2, 0) is 31.9 Å². The lowest BCUT2D eigenvalue weighted by Crippen LogP contribution is -2.43. The van der Waals surface area contributed by atoms with Gasteiger partial charge in [-0.25, -0.2) is 12.7 Å². The first-order chi connectivity index (χ1) is 14.9. The van der Waals surface area contributed by atoms with E-state index < -0.39 is 10.0 Å². The molecule has 0 bridgehead atoms. The van der Waals surface area contributed by atoms with Crippen LogP contribution in [0.4, 0.5) is 0 Å². The molecule has 2 aromatic rings.